The lowest BCUT2D eigenvalue weighted by molar-refractivity contribution is -0.0140. The summed E-state index contributed by atoms with van der Waals surface area (Å²) < 4.78 is 7.07. The summed E-state index contributed by atoms with van der Waals surface area (Å²) in [4.78, 5) is 0. The minimum Gasteiger partial charge on any atom is -0.504 e. The van der Waals surface area contributed by atoms with Crippen LogP contribution in [0.1, 0.15) is 24.6 Å². The van der Waals surface area contributed by atoms with Crippen LogP contribution in [0.4, 0.5) is 0 Å². The van der Waals surface area contributed by atoms with Crippen LogP contribution >= 0.6 is 0 Å². The number of rotatable bonds is 2. The van der Waals surface area contributed by atoms with Gasteiger partial charge in [-0.1, -0.05) is 0 Å². The fraction of sp³-hybridized carbons (Fsp3) is 0.667. The number of hydrogen-bond acceptors (Lipinski definition) is 3. The minimum absolute atomic E-state index is 0.263. The van der Waals surface area contributed by atoms with Crippen LogP contribution in [0, 0.1) is 6.92 Å². The van der Waals surface area contributed by atoms with Crippen molar-refractivity contribution in [3.8, 4) is 5.75 Å². The molecule has 1 aromatic heterocycles. The van der Waals surface area contributed by atoms with Gasteiger partial charge in [0, 0.05) is 7.11 Å². The Labute approximate surface area is 77.1 Å². The molecule has 4 heteroatoms. The second kappa shape index (κ2) is 3.03. The number of hydrogen-bond donors (Lipinski definition) is 1. The van der Waals surface area contributed by atoms with E-state index in [4.69, 9.17) is 4.74 Å². The zero-order chi connectivity index (χ0) is 9.42. The molecule has 2 rings (SSSR count). The molecule has 1 heterocycles. The van der Waals surface area contributed by atoms with E-state index in [0.717, 1.165) is 12.8 Å². The van der Waals surface area contributed by atoms with E-state index in [1.165, 1.54) is 0 Å². The van der Waals surface area contributed by atoms with Gasteiger partial charge in [0.2, 0.25) is 0 Å². The maximum absolute atomic E-state index is 9.34. The van der Waals surface area contributed by atoms with E-state index in [2.05, 4.69) is 5.10 Å². The molecule has 1 aliphatic carbocycles. The molecule has 0 radical (unpaired) electrons. The Bertz CT molecular complexity index is 287. The van der Waals surface area contributed by atoms with Crippen LogP contribution in [0.25, 0.3) is 0 Å². The smallest absolute Gasteiger partial charge is 0.156 e. The second-order valence-corrected chi connectivity index (χ2v) is 3.50. The highest BCUT2D eigenvalue weighted by atomic mass is 16.5. The van der Waals surface area contributed by atoms with Crippen molar-refractivity contribution in [1.29, 1.82) is 0 Å². The lowest BCUT2D eigenvalue weighted by Gasteiger charge is -2.35. The van der Waals surface area contributed by atoms with Crippen LogP contribution < -0.4 is 0 Å². The third kappa shape index (κ3) is 1.31. The van der Waals surface area contributed by atoms with E-state index in [-0.39, 0.29) is 11.9 Å². The first-order chi connectivity index (χ1) is 6.22. The molecule has 72 valence electrons. The van der Waals surface area contributed by atoms with Crippen molar-refractivity contribution in [2.24, 2.45) is 0 Å². The summed E-state index contributed by atoms with van der Waals surface area (Å²) in [5, 5.41) is 13.6. The summed E-state index contributed by atoms with van der Waals surface area (Å²) in [5.74, 6) is 0.266. The van der Waals surface area contributed by atoms with E-state index in [0.29, 0.717) is 11.7 Å². The quantitative estimate of drug-likeness (QED) is 0.748. The number of ether oxygens (including phenoxy) is 1. The maximum Gasteiger partial charge on any atom is 0.156 e. The largest absolute Gasteiger partial charge is 0.504 e. The summed E-state index contributed by atoms with van der Waals surface area (Å²) in [5.41, 5.74) is 0.682. The second-order valence-electron chi connectivity index (χ2n) is 3.50. The molecule has 1 fully saturated rings. The molecule has 0 bridgehead atoms. The zero-order valence-electron chi connectivity index (χ0n) is 7.90. The van der Waals surface area contributed by atoms with Crippen molar-refractivity contribution < 1.29 is 9.84 Å². The van der Waals surface area contributed by atoms with Gasteiger partial charge < -0.3 is 9.84 Å². The van der Waals surface area contributed by atoms with Gasteiger partial charge in [-0.3, -0.25) is 4.68 Å². The van der Waals surface area contributed by atoms with Gasteiger partial charge in [0.25, 0.3) is 0 Å². The van der Waals surface area contributed by atoms with Gasteiger partial charge >= 0.3 is 0 Å². The van der Waals surface area contributed by atoms with Gasteiger partial charge in [-0.25, -0.2) is 0 Å². The van der Waals surface area contributed by atoms with Crippen LogP contribution in [0.15, 0.2) is 6.20 Å². The highest BCUT2D eigenvalue weighted by Gasteiger charge is 2.33. The third-order valence-electron chi connectivity index (χ3n) is 2.71. The Hall–Kier alpha value is -1.03. The van der Waals surface area contributed by atoms with Crippen molar-refractivity contribution in [3.63, 3.8) is 0 Å². The van der Waals surface area contributed by atoms with Crippen molar-refractivity contribution in [1.82, 2.24) is 9.78 Å². The van der Waals surface area contributed by atoms with E-state index in [1.54, 1.807) is 20.2 Å². The van der Waals surface area contributed by atoms with E-state index in [1.807, 2.05) is 4.68 Å². The Morgan fingerprint density at radius 3 is 2.77 bits per heavy atom. The van der Waals surface area contributed by atoms with Crippen molar-refractivity contribution in [2.45, 2.75) is 31.9 Å². The van der Waals surface area contributed by atoms with E-state index in [9.17, 15) is 5.11 Å². The predicted molar refractivity (Wildman–Crippen MR) is 47.7 cm³/mol. The lowest BCUT2D eigenvalue weighted by atomic mass is 9.89. The van der Waals surface area contributed by atoms with Gasteiger partial charge in [-0.05, 0) is 19.8 Å². The summed E-state index contributed by atoms with van der Waals surface area (Å²) in [6.07, 6.45) is 4.10. The topological polar surface area (TPSA) is 47.3 Å². The Kier molecular flexibility index (Phi) is 2.00. The Morgan fingerprint density at radius 2 is 2.38 bits per heavy atom. The molecule has 0 aliphatic heterocycles. The molecule has 2 atom stereocenters. The highest BCUT2D eigenvalue weighted by Crippen LogP contribution is 2.35. The van der Waals surface area contributed by atoms with Gasteiger partial charge in [0.05, 0.1) is 18.3 Å². The Balaban J connectivity index is 2.16. The molecule has 2 unspecified atom stereocenters. The lowest BCUT2D eigenvalue weighted by Crippen LogP contribution is -2.35. The molecule has 13 heavy (non-hydrogen) atoms. The summed E-state index contributed by atoms with van der Waals surface area (Å²) in [6, 6.07) is 0.310. The molecule has 1 aromatic rings. The summed E-state index contributed by atoms with van der Waals surface area (Å²) in [7, 11) is 1.72. The van der Waals surface area contributed by atoms with Crippen LogP contribution in [-0.2, 0) is 4.74 Å². The normalized spacial score (nSPS) is 27.2. The number of methoxy groups -OCH3 is 1. The molecular weight excluding hydrogens is 168 g/mol. The van der Waals surface area contributed by atoms with Crippen LogP contribution in [0.5, 0.6) is 5.75 Å². The minimum atomic E-state index is 0.263. The number of aromatic nitrogens is 2. The molecule has 4 nitrogen and oxygen atoms in total. The SMILES string of the molecule is COC1CCC1n1cc(O)c(C)n1. The van der Waals surface area contributed by atoms with E-state index >= 15 is 0 Å². The standard InChI is InChI=1S/C9H14N2O2/c1-6-8(12)5-11(10-6)7-3-4-9(7)13-2/h5,7,9,12H,3-4H2,1-2H3. The predicted octanol–water partition coefficient (Wildman–Crippen LogP) is 1.25. The first kappa shape index (κ1) is 8.56. The van der Waals surface area contributed by atoms with Crippen molar-refractivity contribution >= 4 is 0 Å². The fourth-order valence-electron chi connectivity index (χ4n) is 1.67. The van der Waals surface area contributed by atoms with Crippen LogP contribution in [0.2, 0.25) is 0 Å². The first-order valence-electron chi connectivity index (χ1n) is 4.50. The summed E-state index contributed by atoms with van der Waals surface area (Å²) in [6.45, 7) is 1.80. The van der Waals surface area contributed by atoms with Gasteiger partial charge in [-0.2, -0.15) is 5.10 Å². The molecule has 0 saturated heterocycles. The zero-order valence-corrected chi connectivity index (χ0v) is 7.90. The average Bonchev–Trinajstić information content (AvgIpc) is 2.30. The van der Waals surface area contributed by atoms with Gasteiger partial charge in [-0.15, -0.1) is 0 Å². The van der Waals surface area contributed by atoms with Crippen molar-refractivity contribution in [2.75, 3.05) is 7.11 Å². The van der Waals surface area contributed by atoms with Gasteiger partial charge in [0.1, 0.15) is 5.69 Å². The first-order valence-corrected chi connectivity index (χ1v) is 4.50. The average molecular weight is 182 g/mol. The van der Waals surface area contributed by atoms with E-state index < -0.39 is 0 Å². The maximum atomic E-state index is 9.34. The number of aromatic hydroxyl groups is 1. The fourth-order valence-corrected chi connectivity index (χ4v) is 1.67. The molecule has 1 N–H and O–H groups in total. The molecule has 1 saturated carbocycles. The van der Waals surface area contributed by atoms with Crippen molar-refractivity contribution in [3.05, 3.63) is 11.9 Å². The third-order valence-corrected chi connectivity index (χ3v) is 2.71. The monoisotopic (exact) mass is 182 g/mol. The summed E-state index contributed by atoms with van der Waals surface area (Å²) >= 11 is 0. The molecule has 0 spiro atoms. The highest BCUT2D eigenvalue weighted by molar-refractivity contribution is 5.21. The Morgan fingerprint density at radius 1 is 1.62 bits per heavy atom. The molecule has 0 amide bonds. The molecule has 0 aromatic carbocycles. The van der Waals surface area contributed by atoms with Gasteiger partial charge in [0.15, 0.2) is 5.75 Å². The van der Waals surface area contributed by atoms with Crippen LogP contribution in [-0.4, -0.2) is 28.1 Å². The molecule has 1 aliphatic rings. The molecular formula is C9H14N2O2. The van der Waals surface area contributed by atoms with Crippen LogP contribution in [0.3, 0.4) is 0 Å². The number of nitrogens with zero attached hydrogens (tertiary/aromatic N) is 2. The number of aryl methyl sites for hydroxylation is 1.